The third-order valence-electron chi connectivity index (χ3n) is 6.36. The van der Waals surface area contributed by atoms with Gasteiger partial charge in [0.1, 0.15) is 18.1 Å². The van der Waals surface area contributed by atoms with E-state index in [9.17, 15) is 19.2 Å². The monoisotopic (exact) mass is 499 g/mol. The summed E-state index contributed by atoms with van der Waals surface area (Å²) in [5.41, 5.74) is 2.54. The lowest BCUT2D eigenvalue weighted by Gasteiger charge is -2.31. The van der Waals surface area contributed by atoms with Gasteiger partial charge in [-0.25, -0.2) is 4.79 Å². The van der Waals surface area contributed by atoms with Crippen LogP contribution in [0.3, 0.4) is 0 Å². The topological polar surface area (TPSA) is 114 Å². The highest BCUT2D eigenvalue weighted by Gasteiger charge is 2.37. The predicted molar refractivity (Wildman–Crippen MR) is 137 cm³/mol. The van der Waals surface area contributed by atoms with Crippen LogP contribution in [0.5, 0.6) is 0 Å². The van der Waals surface area contributed by atoms with Crippen LogP contribution in [0, 0.1) is 0 Å². The van der Waals surface area contributed by atoms with Crippen LogP contribution < -0.4 is 16.0 Å². The van der Waals surface area contributed by atoms with Crippen LogP contribution in [0.1, 0.15) is 29.0 Å². The molecule has 0 bridgehead atoms. The van der Waals surface area contributed by atoms with E-state index in [1.165, 1.54) is 7.11 Å². The molecule has 1 fully saturated rings. The van der Waals surface area contributed by atoms with Gasteiger partial charge in [-0.05, 0) is 16.7 Å². The number of amides is 3. The van der Waals surface area contributed by atoms with E-state index in [1.54, 1.807) is 0 Å². The molecule has 3 N–H and O–H groups in total. The van der Waals surface area contributed by atoms with Crippen molar-refractivity contribution >= 4 is 23.7 Å². The molecule has 3 aromatic rings. The van der Waals surface area contributed by atoms with Gasteiger partial charge in [-0.2, -0.15) is 0 Å². The van der Waals surface area contributed by atoms with E-state index in [0.717, 1.165) is 16.7 Å². The molecule has 0 saturated carbocycles. The second-order valence-electron chi connectivity index (χ2n) is 8.88. The fraction of sp³-hybridized carbons (Fsp3) is 0.241. The second-order valence-corrected chi connectivity index (χ2v) is 8.88. The lowest BCUT2D eigenvalue weighted by atomic mass is 9.84. The van der Waals surface area contributed by atoms with Gasteiger partial charge >= 0.3 is 5.97 Å². The van der Waals surface area contributed by atoms with Crippen molar-refractivity contribution in [2.24, 2.45) is 0 Å². The molecule has 0 aromatic heterocycles. The van der Waals surface area contributed by atoms with Gasteiger partial charge in [0.05, 0.1) is 13.5 Å². The van der Waals surface area contributed by atoms with Crippen molar-refractivity contribution in [3.8, 4) is 0 Å². The van der Waals surface area contributed by atoms with E-state index >= 15 is 0 Å². The van der Waals surface area contributed by atoms with Crippen LogP contribution in [-0.2, 0) is 30.3 Å². The van der Waals surface area contributed by atoms with Crippen molar-refractivity contribution in [3.63, 3.8) is 0 Å². The first-order valence-electron chi connectivity index (χ1n) is 12.1. The van der Waals surface area contributed by atoms with Gasteiger partial charge in [0.25, 0.3) is 0 Å². The van der Waals surface area contributed by atoms with Gasteiger partial charge in [-0.3, -0.25) is 14.4 Å². The van der Waals surface area contributed by atoms with Crippen LogP contribution in [0.25, 0.3) is 0 Å². The first-order chi connectivity index (χ1) is 18.0. The van der Waals surface area contributed by atoms with Crippen molar-refractivity contribution in [2.45, 2.75) is 36.9 Å². The van der Waals surface area contributed by atoms with Gasteiger partial charge in [-0.15, -0.1) is 0 Å². The fourth-order valence-corrected chi connectivity index (χ4v) is 4.53. The SMILES string of the molecule is COC(=O)[C@@H](NC(=O)C[C@@H]1NC(=O)[C@H](Cc2ccccc2)NC1=O)C(c1ccccc1)c1ccccc1. The largest absolute Gasteiger partial charge is 0.467 e. The van der Waals surface area contributed by atoms with E-state index in [4.69, 9.17) is 4.74 Å². The zero-order valence-electron chi connectivity index (χ0n) is 20.4. The number of ether oxygens (including phenoxy) is 1. The summed E-state index contributed by atoms with van der Waals surface area (Å²) < 4.78 is 5.03. The first kappa shape index (κ1) is 25.6. The Labute approximate surface area is 215 Å². The number of esters is 1. The molecule has 1 heterocycles. The van der Waals surface area contributed by atoms with Gasteiger partial charge in [0.2, 0.25) is 17.7 Å². The quantitative estimate of drug-likeness (QED) is 0.390. The lowest BCUT2D eigenvalue weighted by Crippen LogP contribution is -2.63. The van der Waals surface area contributed by atoms with E-state index in [0.29, 0.717) is 6.42 Å². The molecule has 1 aliphatic heterocycles. The van der Waals surface area contributed by atoms with Gasteiger partial charge < -0.3 is 20.7 Å². The summed E-state index contributed by atoms with van der Waals surface area (Å²) >= 11 is 0. The normalized spacial score (nSPS) is 17.9. The maximum absolute atomic E-state index is 13.1. The Morgan fingerprint density at radius 2 is 1.27 bits per heavy atom. The molecule has 8 nitrogen and oxygen atoms in total. The Kier molecular flexibility index (Phi) is 8.30. The summed E-state index contributed by atoms with van der Waals surface area (Å²) in [6.45, 7) is 0. The Hall–Kier alpha value is -4.46. The van der Waals surface area contributed by atoms with Crippen molar-refractivity contribution in [1.29, 1.82) is 0 Å². The van der Waals surface area contributed by atoms with Crippen LogP contribution in [-0.4, -0.2) is 48.9 Å². The number of benzene rings is 3. The minimum absolute atomic E-state index is 0.320. The molecule has 3 amide bonds. The number of carbonyl (C=O) groups is 4. The minimum atomic E-state index is -1.05. The first-order valence-corrected chi connectivity index (χ1v) is 12.1. The van der Waals surface area contributed by atoms with Crippen LogP contribution in [0.15, 0.2) is 91.0 Å². The number of piperazine rings is 1. The summed E-state index contributed by atoms with van der Waals surface area (Å²) in [6.07, 6.45) is 0.0248. The lowest BCUT2D eigenvalue weighted by molar-refractivity contribution is -0.146. The molecule has 1 aliphatic rings. The molecule has 0 unspecified atom stereocenters. The average molecular weight is 500 g/mol. The molecule has 0 spiro atoms. The van der Waals surface area contributed by atoms with Crippen molar-refractivity contribution < 1.29 is 23.9 Å². The van der Waals surface area contributed by atoms with Crippen LogP contribution in [0.2, 0.25) is 0 Å². The maximum atomic E-state index is 13.1. The summed E-state index contributed by atoms with van der Waals surface area (Å²) in [5, 5.41) is 8.11. The minimum Gasteiger partial charge on any atom is -0.467 e. The number of carbonyl (C=O) groups excluding carboxylic acids is 4. The molecule has 3 atom stereocenters. The molecule has 1 saturated heterocycles. The summed E-state index contributed by atoms with van der Waals surface area (Å²) in [4.78, 5) is 51.3. The fourth-order valence-electron chi connectivity index (χ4n) is 4.53. The summed E-state index contributed by atoms with van der Waals surface area (Å²) in [5.74, 6) is -2.52. The standard InChI is InChI=1S/C29H29N3O5/c1-37-29(36)26(25(20-13-7-3-8-14-20)21-15-9-4-10-16-21)32-24(33)18-23-28(35)30-22(27(34)31-23)17-19-11-5-2-6-12-19/h2-16,22-23,25-26H,17-18H2,1H3,(H,30,35)(H,31,34)(H,32,33)/t22-,23-,26-/m0/s1. The highest BCUT2D eigenvalue weighted by atomic mass is 16.5. The molecule has 0 radical (unpaired) electrons. The number of rotatable bonds is 9. The molecule has 37 heavy (non-hydrogen) atoms. The molecular formula is C29H29N3O5. The van der Waals surface area contributed by atoms with Crippen molar-refractivity contribution in [2.75, 3.05) is 7.11 Å². The zero-order chi connectivity index (χ0) is 26.2. The highest BCUT2D eigenvalue weighted by molar-refractivity contribution is 5.99. The Morgan fingerprint density at radius 1 is 0.784 bits per heavy atom. The average Bonchev–Trinajstić information content (AvgIpc) is 2.92. The summed E-state index contributed by atoms with van der Waals surface area (Å²) in [7, 11) is 1.26. The number of hydrogen-bond donors (Lipinski definition) is 3. The third kappa shape index (κ3) is 6.41. The molecule has 190 valence electrons. The smallest absolute Gasteiger partial charge is 0.329 e. The zero-order valence-corrected chi connectivity index (χ0v) is 20.4. The van der Waals surface area contributed by atoms with Gasteiger partial charge in [-0.1, -0.05) is 91.0 Å². The summed E-state index contributed by atoms with van der Waals surface area (Å²) in [6, 6.07) is 25.2. The van der Waals surface area contributed by atoms with Gasteiger partial charge in [0, 0.05) is 12.3 Å². The predicted octanol–water partition coefficient (Wildman–Crippen LogP) is 2.09. The molecular weight excluding hydrogens is 470 g/mol. The highest BCUT2D eigenvalue weighted by Crippen LogP contribution is 2.29. The second kappa shape index (κ2) is 12.0. The van der Waals surface area contributed by atoms with Crippen molar-refractivity contribution in [3.05, 3.63) is 108 Å². The third-order valence-corrected chi connectivity index (χ3v) is 6.36. The molecule has 4 rings (SSSR count). The molecule has 8 heteroatoms. The molecule has 3 aromatic carbocycles. The van der Waals surface area contributed by atoms with E-state index in [1.807, 2.05) is 91.0 Å². The van der Waals surface area contributed by atoms with Crippen molar-refractivity contribution in [1.82, 2.24) is 16.0 Å². The Balaban J connectivity index is 1.48. The van der Waals surface area contributed by atoms with E-state index in [-0.39, 0.29) is 12.3 Å². The number of hydrogen-bond acceptors (Lipinski definition) is 5. The van der Waals surface area contributed by atoms with Crippen LogP contribution in [0.4, 0.5) is 0 Å². The number of methoxy groups -OCH3 is 1. The Bertz CT molecular complexity index is 1190. The van der Waals surface area contributed by atoms with E-state index < -0.39 is 41.8 Å². The van der Waals surface area contributed by atoms with Gasteiger partial charge in [0.15, 0.2) is 0 Å². The Morgan fingerprint density at radius 3 is 1.81 bits per heavy atom. The van der Waals surface area contributed by atoms with E-state index in [2.05, 4.69) is 16.0 Å². The molecule has 0 aliphatic carbocycles. The maximum Gasteiger partial charge on any atom is 0.329 e. The van der Waals surface area contributed by atoms with Crippen LogP contribution >= 0.6 is 0 Å². The number of nitrogens with one attached hydrogen (secondary N) is 3.